The van der Waals surface area contributed by atoms with E-state index in [1.807, 2.05) is 6.92 Å². The summed E-state index contributed by atoms with van der Waals surface area (Å²) < 4.78 is 22.6. The van der Waals surface area contributed by atoms with Crippen molar-refractivity contribution in [2.75, 3.05) is 31.1 Å². The first-order chi connectivity index (χ1) is 6.08. The van der Waals surface area contributed by atoms with Gasteiger partial charge < -0.3 is 5.32 Å². The molecule has 0 aromatic heterocycles. The number of nitrogens with one attached hydrogen (secondary N) is 1. The average molecular weight is 204 g/mol. The standard InChI is InChI=1S/C8H16N2O2S/c1-7-6-13(11,12)3-2-10(7)8-4-9-5-8/h7-9H,2-6H2,1H3. The molecule has 2 aliphatic rings. The Kier molecular flexibility index (Phi) is 2.33. The van der Waals surface area contributed by atoms with Gasteiger partial charge in [-0.15, -0.1) is 0 Å². The highest BCUT2D eigenvalue weighted by molar-refractivity contribution is 7.91. The van der Waals surface area contributed by atoms with Crippen molar-refractivity contribution in [2.24, 2.45) is 0 Å². The van der Waals surface area contributed by atoms with E-state index in [2.05, 4.69) is 10.2 Å². The fourth-order valence-electron chi connectivity index (χ4n) is 2.06. The molecule has 76 valence electrons. The maximum atomic E-state index is 11.3. The van der Waals surface area contributed by atoms with Crippen molar-refractivity contribution in [1.29, 1.82) is 0 Å². The lowest BCUT2D eigenvalue weighted by Crippen LogP contribution is -2.63. The van der Waals surface area contributed by atoms with Gasteiger partial charge in [-0.05, 0) is 6.92 Å². The first-order valence-electron chi connectivity index (χ1n) is 4.75. The van der Waals surface area contributed by atoms with Crippen molar-refractivity contribution in [2.45, 2.75) is 19.0 Å². The topological polar surface area (TPSA) is 49.4 Å². The summed E-state index contributed by atoms with van der Waals surface area (Å²) in [5.74, 6) is 0.678. The zero-order chi connectivity index (χ0) is 9.47. The minimum Gasteiger partial charge on any atom is -0.314 e. The summed E-state index contributed by atoms with van der Waals surface area (Å²) in [4.78, 5) is 2.32. The molecule has 0 spiro atoms. The summed E-state index contributed by atoms with van der Waals surface area (Å²) >= 11 is 0. The molecule has 0 saturated carbocycles. The molecular formula is C8H16N2O2S. The van der Waals surface area contributed by atoms with Crippen LogP contribution in [0.3, 0.4) is 0 Å². The van der Waals surface area contributed by atoms with Crippen molar-refractivity contribution in [3.05, 3.63) is 0 Å². The minimum atomic E-state index is -2.74. The van der Waals surface area contributed by atoms with Crippen molar-refractivity contribution < 1.29 is 8.42 Å². The van der Waals surface area contributed by atoms with Crippen LogP contribution >= 0.6 is 0 Å². The van der Waals surface area contributed by atoms with Gasteiger partial charge in [0.2, 0.25) is 0 Å². The van der Waals surface area contributed by atoms with Crippen LogP contribution in [0.15, 0.2) is 0 Å². The van der Waals surface area contributed by atoms with Crippen molar-refractivity contribution in [3.63, 3.8) is 0 Å². The van der Waals surface area contributed by atoms with Crippen LogP contribution in [0.25, 0.3) is 0 Å². The third-order valence-corrected chi connectivity index (χ3v) is 4.75. The van der Waals surface area contributed by atoms with Gasteiger partial charge in [-0.3, -0.25) is 4.90 Å². The van der Waals surface area contributed by atoms with E-state index in [0.717, 1.165) is 19.6 Å². The Morgan fingerprint density at radius 1 is 1.38 bits per heavy atom. The normalized spacial score (nSPS) is 35.6. The number of hydrogen-bond acceptors (Lipinski definition) is 4. The van der Waals surface area contributed by atoms with E-state index in [4.69, 9.17) is 0 Å². The van der Waals surface area contributed by atoms with E-state index in [1.54, 1.807) is 0 Å². The van der Waals surface area contributed by atoms with Gasteiger partial charge in [0.25, 0.3) is 0 Å². The smallest absolute Gasteiger partial charge is 0.153 e. The van der Waals surface area contributed by atoms with E-state index >= 15 is 0 Å². The molecule has 1 atom stereocenters. The van der Waals surface area contributed by atoms with Gasteiger partial charge in [0.05, 0.1) is 11.5 Å². The van der Waals surface area contributed by atoms with E-state index in [9.17, 15) is 8.42 Å². The summed E-state index contributed by atoms with van der Waals surface area (Å²) in [5, 5.41) is 3.21. The third-order valence-electron chi connectivity index (χ3n) is 2.95. The first-order valence-corrected chi connectivity index (χ1v) is 6.57. The molecule has 2 aliphatic heterocycles. The lowest BCUT2D eigenvalue weighted by molar-refractivity contribution is 0.115. The monoisotopic (exact) mass is 204 g/mol. The van der Waals surface area contributed by atoms with Crippen LogP contribution in [0.5, 0.6) is 0 Å². The van der Waals surface area contributed by atoms with Crippen LogP contribution in [0.2, 0.25) is 0 Å². The molecule has 2 saturated heterocycles. The molecule has 0 amide bonds. The van der Waals surface area contributed by atoms with Crippen molar-refractivity contribution in [1.82, 2.24) is 10.2 Å². The van der Waals surface area contributed by atoms with Crippen LogP contribution in [-0.2, 0) is 9.84 Å². The van der Waals surface area contributed by atoms with Crippen LogP contribution in [0.1, 0.15) is 6.92 Å². The molecule has 0 aliphatic carbocycles. The molecule has 13 heavy (non-hydrogen) atoms. The van der Waals surface area contributed by atoms with E-state index in [0.29, 0.717) is 17.5 Å². The Morgan fingerprint density at radius 2 is 2.08 bits per heavy atom. The Hall–Kier alpha value is -0.130. The number of nitrogens with zero attached hydrogens (tertiary/aromatic N) is 1. The van der Waals surface area contributed by atoms with Crippen LogP contribution < -0.4 is 5.32 Å². The largest absolute Gasteiger partial charge is 0.314 e. The third kappa shape index (κ3) is 1.87. The minimum absolute atomic E-state index is 0.200. The van der Waals surface area contributed by atoms with E-state index < -0.39 is 9.84 Å². The molecule has 2 fully saturated rings. The van der Waals surface area contributed by atoms with Gasteiger partial charge in [0.15, 0.2) is 9.84 Å². The van der Waals surface area contributed by atoms with E-state index in [1.165, 1.54) is 0 Å². The first kappa shape index (κ1) is 9.43. The highest BCUT2D eigenvalue weighted by atomic mass is 32.2. The molecular weight excluding hydrogens is 188 g/mol. The second-order valence-corrected chi connectivity index (χ2v) is 6.24. The molecule has 1 N–H and O–H groups in total. The molecule has 1 unspecified atom stereocenters. The summed E-state index contributed by atoms with van der Waals surface area (Å²) in [6.45, 7) is 4.76. The van der Waals surface area contributed by atoms with Crippen molar-refractivity contribution >= 4 is 9.84 Å². The number of rotatable bonds is 1. The van der Waals surface area contributed by atoms with Gasteiger partial charge in [0.1, 0.15) is 0 Å². The lowest BCUT2D eigenvalue weighted by Gasteiger charge is -2.43. The van der Waals surface area contributed by atoms with Gasteiger partial charge in [-0.25, -0.2) is 8.42 Å². The van der Waals surface area contributed by atoms with Gasteiger partial charge in [-0.2, -0.15) is 0 Å². The highest BCUT2D eigenvalue weighted by Crippen LogP contribution is 2.16. The maximum absolute atomic E-state index is 11.3. The summed E-state index contributed by atoms with van der Waals surface area (Å²) in [6.07, 6.45) is 0. The molecule has 2 rings (SSSR count). The average Bonchev–Trinajstić information content (AvgIpc) is 1.89. The van der Waals surface area contributed by atoms with Gasteiger partial charge >= 0.3 is 0 Å². The van der Waals surface area contributed by atoms with Crippen molar-refractivity contribution in [3.8, 4) is 0 Å². The van der Waals surface area contributed by atoms with Crippen LogP contribution in [0, 0.1) is 0 Å². The predicted molar refractivity (Wildman–Crippen MR) is 51.5 cm³/mol. The maximum Gasteiger partial charge on any atom is 0.153 e. The number of sulfone groups is 1. The Balaban J connectivity index is 2.00. The molecule has 2 heterocycles. The SMILES string of the molecule is CC1CS(=O)(=O)CCN1C1CNC1. The fraction of sp³-hybridized carbons (Fsp3) is 1.00. The Bertz CT molecular complexity index is 285. The molecule has 0 bridgehead atoms. The molecule has 0 radical (unpaired) electrons. The Morgan fingerprint density at radius 3 is 2.54 bits per heavy atom. The molecule has 0 aromatic rings. The Labute approximate surface area is 79.2 Å². The summed E-state index contributed by atoms with van der Waals surface area (Å²) in [5.41, 5.74) is 0. The zero-order valence-corrected chi connectivity index (χ0v) is 8.68. The second-order valence-electron chi connectivity index (χ2n) is 4.01. The van der Waals surface area contributed by atoms with Gasteiger partial charge in [0, 0.05) is 31.7 Å². The summed E-state index contributed by atoms with van der Waals surface area (Å²) in [7, 11) is -2.74. The van der Waals surface area contributed by atoms with E-state index in [-0.39, 0.29) is 6.04 Å². The zero-order valence-electron chi connectivity index (χ0n) is 7.86. The quantitative estimate of drug-likeness (QED) is 0.600. The molecule has 0 aromatic carbocycles. The van der Waals surface area contributed by atoms with Crippen LogP contribution in [0.4, 0.5) is 0 Å². The number of hydrogen-bond donors (Lipinski definition) is 1. The lowest BCUT2D eigenvalue weighted by atomic mass is 10.1. The molecule has 5 heteroatoms. The fourth-order valence-corrected chi connectivity index (χ4v) is 3.64. The molecule has 4 nitrogen and oxygen atoms in total. The highest BCUT2D eigenvalue weighted by Gasteiger charge is 2.34. The second kappa shape index (κ2) is 3.22. The van der Waals surface area contributed by atoms with Crippen LogP contribution in [-0.4, -0.2) is 56.5 Å². The summed E-state index contributed by atoms with van der Waals surface area (Å²) in [6, 6.07) is 0.774. The van der Waals surface area contributed by atoms with Gasteiger partial charge in [-0.1, -0.05) is 0 Å². The predicted octanol–water partition coefficient (Wildman–Crippen LogP) is -0.923.